The number of ketones is 1. The number of Topliss-reactive ketones (excluding diaryl/α,β-unsaturated/α-hetero) is 1. The summed E-state index contributed by atoms with van der Waals surface area (Å²) in [5.41, 5.74) is 0.689. The minimum absolute atomic E-state index is 0.0751. The van der Waals surface area contributed by atoms with Gasteiger partial charge in [-0.25, -0.2) is 0 Å². The Labute approximate surface area is 110 Å². The molecule has 0 heterocycles. The highest BCUT2D eigenvalue weighted by atomic mass is 16.4. The molecule has 19 heavy (non-hydrogen) atoms. The van der Waals surface area contributed by atoms with Crippen LogP contribution < -0.4 is 5.32 Å². The maximum absolute atomic E-state index is 11.8. The van der Waals surface area contributed by atoms with Gasteiger partial charge in [-0.15, -0.1) is 0 Å². The Bertz CT molecular complexity index is 496. The number of carbonyl (C=O) groups is 3. The van der Waals surface area contributed by atoms with Crippen LogP contribution in [0.15, 0.2) is 24.3 Å². The molecule has 6 nitrogen and oxygen atoms in total. The van der Waals surface area contributed by atoms with Crippen molar-refractivity contribution in [2.45, 2.75) is 19.4 Å². The minimum Gasteiger partial charge on any atom is -0.480 e. The average molecular weight is 265 g/mol. The molecule has 0 spiro atoms. The quantitative estimate of drug-likeness (QED) is 0.671. The molecule has 6 heteroatoms. The molecule has 0 fully saturated rings. The summed E-state index contributed by atoms with van der Waals surface area (Å²) < 4.78 is 0. The standard InChI is InChI=1S/C13H15NO5/c1-8(15)11(16)6-9-4-2-3-5-10(9)13(19)14-7-12(17)18/h2-5,8,15H,6-7H2,1H3,(H,14,19)(H,17,18). The number of carbonyl (C=O) groups excluding carboxylic acids is 2. The van der Waals surface area contributed by atoms with Gasteiger partial charge in [-0.1, -0.05) is 18.2 Å². The summed E-state index contributed by atoms with van der Waals surface area (Å²) in [5.74, 6) is -2.11. The van der Waals surface area contributed by atoms with E-state index in [0.717, 1.165) is 0 Å². The fourth-order valence-electron chi connectivity index (χ4n) is 1.48. The molecule has 0 aliphatic heterocycles. The Kier molecular flexibility index (Phi) is 5.20. The fourth-order valence-corrected chi connectivity index (χ4v) is 1.48. The zero-order valence-electron chi connectivity index (χ0n) is 10.4. The second kappa shape index (κ2) is 6.65. The molecule has 0 aromatic heterocycles. The van der Waals surface area contributed by atoms with Gasteiger partial charge in [-0.2, -0.15) is 0 Å². The summed E-state index contributed by atoms with van der Waals surface area (Å²) in [6.07, 6.45) is -1.18. The molecule has 0 saturated carbocycles. The Balaban J connectivity index is 2.86. The van der Waals surface area contributed by atoms with Crippen LogP contribution in [0.1, 0.15) is 22.8 Å². The van der Waals surface area contributed by atoms with Crippen molar-refractivity contribution >= 4 is 17.7 Å². The molecule has 0 saturated heterocycles. The first kappa shape index (κ1) is 14.8. The number of aliphatic carboxylic acids is 1. The Morgan fingerprint density at radius 2 is 1.89 bits per heavy atom. The van der Waals surface area contributed by atoms with E-state index in [4.69, 9.17) is 10.2 Å². The van der Waals surface area contributed by atoms with Crippen LogP contribution in [-0.2, 0) is 16.0 Å². The van der Waals surface area contributed by atoms with Crippen molar-refractivity contribution in [3.05, 3.63) is 35.4 Å². The number of hydrogen-bond acceptors (Lipinski definition) is 4. The first-order valence-electron chi connectivity index (χ1n) is 5.70. The van der Waals surface area contributed by atoms with Crippen LogP contribution in [0.25, 0.3) is 0 Å². The number of amides is 1. The van der Waals surface area contributed by atoms with Crippen LogP contribution in [0, 0.1) is 0 Å². The van der Waals surface area contributed by atoms with E-state index < -0.39 is 30.3 Å². The lowest BCUT2D eigenvalue weighted by atomic mass is 10.00. The number of aliphatic hydroxyl groups excluding tert-OH is 1. The van der Waals surface area contributed by atoms with Crippen molar-refractivity contribution in [3.8, 4) is 0 Å². The van der Waals surface area contributed by atoms with Gasteiger partial charge in [-0.05, 0) is 18.6 Å². The second-order valence-electron chi connectivity index (χ2n) is 4.05. The van der Waals surface area contributed by atoms with Gasteiger partial charge >= 0.3 is 5.97 Å². The summed E-state index contributed by atoms with van der Waals surface area (Å²) >= 11 is 0. The summed E-state index contributed by atoms with van der Waals surface area (Å²) in [6.45, 7) is 0.868. The maximum Gasteiger partial charge on any atom is 0.322 e. The average Bonchev–Trinajstić information content (AvgIpc) is 2.36. The number of benzene rings is 1. The Morgan fingerprint density at radius 3 is 2.47 bits per heavy atom. The first-order valence-corrected chi connectivity index (χ1v) is 5.70. The molecule has 0 aliphatic carbocycles. The van der Waals surface area contributed by atoms with E-state index in [1.165, 1.54) is 13.0 Å². The lowest BCUT2D eigenvalue weighted by molar-refractivity contribution is -0.135. The van der Waals surface area contributed by atoms with Crippen molar-refractivity contribution in [1.82, 2.24) is 5.32 Å². The summed E-state index contributed by atoms with van der Waals surface area (Å²) in [7, 11) is 0. The van der Waals surface area contributed by atoms with Crippen molar-refractivity contribution in [2.75, 3.05) is 6.54 Å². The number of rotatable bonds is 6. The van der Waals surface area contributed by atoms with Gasteiger partial charge in [0.1, 0.15) is 12.6 Å². The van der Waals surface area contributed by atoms with Gasteiger partial charge in [-0.3, -0.25) is 14.4 Å². The van der Waals surface area contributed by atoms with Crippen molar-refractivity contribution in [3.63, 3.8) is 0 Å². The number of carboxylic acid groups (broad SMARTS) is 1. The second-order valence-corrected chi connectivity index (χ2v) is 4.05. The van der Waals surface area contributed by atoms with Crippen molar-refractivity contribution in [1.29, 1.82) is 0 Å². The van der Waals surface area contributed by atoms with E-state index in [-0.39, 0.29) is 12.0 Å². The van der Waals surface area contributed by atoms with Crippen LogP contribution in [0.3, 0.4) is 0 Å². The lowest BCUT2D eigenvalue weighted by Crippen LogP contribution is -2.30. The van der Waals surface area contributed by atoms with E-state index in [2.05, 4.69) is 5.32 Å². The van der Waals surface area contributed by atoms with E-state index in [9.17, 15) is 14.4 Å². The predicted octanol–water partition coefficient (Wildman–Crippen LogP) is -0.00660. The Hall–Kier alpha value is -2.21. The fraction of sp³-hybridized carbons (Fsp3) is 0.308. The largest absolute Gasteiger partial charge is 0.480 e. The van der Waals surface area contributed by atoms with Gasteiger partial charge in [0.25, 0.3) is 5.91 Å². The molecule has 1 rings (SSSR count). The molecule has 0 aliphatic rings. The SMILES string of the molecule is CC(O)C(=O)Cc1ccccc1C(=O)NCC(=O)O. The molecule has 102 valence electrons. The van der Waals surface area contributed by atoms with Gasteiger partial charge < -0.3 is 15.5 Å². The number of hydrogen-bond donors (Lipinski definition) is 3. The van der Waals surface area contributed by atoms with E-state index in [1.807, 2.05) is 0 Å². The molecular weight excluding hydrogens is 250 g/mol. The predicted molar refractivity (Wildman–Crippen MR) is 66.8 cm³/mol. The van der Waals surface area contributed by atoms with E-state index in [0.29, 0.717) is 5.56 Å². The lowest BCUT2D eigenvalue weighted by Gasteiger charge is -2.09. The van der Waals surface area contributed by atoms with Crippen LogP contribution in [0.5, 0.6) is 0 Å². The molecular formula is C13H15NO5. The zero-order chi connectivity index (χ0) is 14.4. The van der Waals surface area contributed by atoms with E-state index >= 15 is 0 Å². The van der Waals surface area contributed by atoms with Gasteiger partial charge in [0.2, 0.25) is 0 Å². The molecule has 1 amide bonds. The zero-order valence-corrected chi connectivity index (χ0v) is 10.4. The third kappa shape index (κ3) is 4.51. The summed E-state index contributed by atoms with van der Waals surface area (Å²) in [5, 5.41) is 19.9. The molecule has 1 atom stereocenters. The van der Waals surface area contributed by atoms with Crippen molar-refractivity contribution < 1.29 is 24.6 Å². The number of carboxylic acids is 1. The van der Waals surface area contributed by atoms with E-state index in [1.54, 1.807) is 18.2 Å². The number of nitrogens with one attached hydrogen (secondary N) is 1. The van der Waals surface area contributed by atoms with Gasteiger partial charge in [0.05, 0.1) is 0 Å². The highest BCUT2D eigenvalue weighted by Crippen LogP contribution is 2.10. The van der Waals surface area contributed by atoms with Gasteiger partial charge in [0.15, 0.2) is 5.78 Å². The van der Waals surface area contributed by atoms with Gasteiger partial charge in [0, 0.05) is 12.0 Å². The highest BCUT2D eigenvalue weighted by Gasteiger charge is 2.16. The number of aliphatic hydroxyl groups is 1. The minimum atomic E-state index is -1.15. The maximum atomic E-state index is 11.8. The normalized spacial score (nSPS) is 11.7. The van der Waals surface area contributed by atoms with Crippen LogP contribution in [-0.4, -0.2) is 40.5 Å². The molecule has 0 radical (unpaired) electrons. The summed E-state index contributed by atoms with van der Waals surface area (Å²) in [4.78, 5) is 33.6. The Morgan fingerprint density at radius 1 is 1.26 bits per heavy atom. The topological polar surface area (TPSA) is 104 Å². The third-order valence-corrected chi connectivity index (χ3v) is 2.49. The summed E-state index contributed by atoms with van der Waals surface area (Å²) in [6, 6.07) is 6.38. The third-order valence-electron chi connectivity index (χ3n) is 2.49. The molecule has 1 aromatic carbocycles. The monoisotopic (exact) mass is 265 g/mol. The molecule has 3 N–H and O–H groups in total. The molecule has 1 unspecified atom stereocenters. The molecule has 0 bridgehead atoms. The smallest absolute Gasteiger partial charge is 0.322 e. The first-order chi connectivity index (χ1) is 8.91. The van der Waals surface area contributed by atoms with Crippen LogP contribution in [0.2, 0.25) is 0 Å². The van der Waals surface area contributed by atoms with Crippen molar-refractivity contribution in [2.24, 2.45) is 0 Å². The highest BCUT2D eigenvalue weighted by molar-refractivity contribution is 5.98. The van der Waals surface area contributed by atoms with Crippen LogP contribution >= 0.6 is 0 Å². The molecule has 1 aromatic rings. The van der Waals surface area contributed by atoms with Crippen LogP contribution in [0.4, 0.5) is 0 Å².